The fourth-order valence-corrected chi connectivity index (χ4v) is 3.17. The maximum atomic E-state index is 13.3. The summed E-state index contributed by atoms with van der Waals surface area (Å²) in [5, 5.41) is 0.128. The Morgan fingerprint density at radius 2 is 1.59 bits per heavy atom. The van der Waals surface area contributed by atoms with Gasteiger partial charge in [0.1, 0.15) is 11.5 Å². The lowest BCUT2D eigenvalue weighted by Crippen LogP contribution is -2.30. The molecule has 2 N–H and O–H groups in total. The molecule has 9 heteroatoms. The smallest absolute Gasteiger partial charge is 0.392 e. The largest absolute Gasteiger partial charge is 0.435 e. The lowest BCUT2D eigenvalue weighted by Gasteiger charge is -2.18. The third-order valence-electron chi connectivity index (χ3n) is 3.84. The first-order chi connectivity index (χ1) is 12.7. The molecular formula is C18H12Cl2F3N3O. The van der Waals surface area contributed by atoms with Gasteiger partial charge in [0, 0.05) is 0 Å². The lowest BCUT2D eigenvalue weighted by molar-refractivity contribution is -0.140. The average Bonchev–Trinajstić information content (AvgIpc) is 2.60. The molecule has 0 saturated carbocycles. The summed E-state index contributed by atoms with van der Waals surface area (Å²) in [5.74, 6) is -0.305. The second-order valence-electron chi connectivity index (χ2n) is 5.67. The van der Waals surface area contributed by atoms with E-state index in [0.717, 1.165) is 4.57 Å². The van der Waals surface area contributed by atoms with Crippen LogP contribution in [0.3, 0.4) is 0 Å². The van der Waals surface area contributed by atoms with Gasteiger partial charge >= 0.3 is 6.18 Å². The molecule has 0 bridgehead atoms. The number of anilines is 1. The molecule has 2 aromatic carbocycles. The number of hydrogen-bond donors (Lipinski definition) is 1. The quantitative estimate of drug-likeness (QED) is 0.666. The highest BCUT2D eigenvalue weighted by Gasteiger charge is 2.38. The summed E-state index contributed by atoms with van der Waals surface area (Å²) in [7, 11) is 0. The van der Waals surface area contributed by atoms with Crippen LogP contribution >= 0.6 is 23.2 Å². The molecule has 4 nitrogen and oxygen atoms in total. The number of nitrogens with zero attached hydrogens (tertiary/aromatic N) is 2. The van der Waals surface area contributed by atoms with E-state index in [9.17, 15) is 18.0 Å². The lowest BCUT2D eigenvalue weighted by atomic mass is 10.1. The summed E-state index contributed by atoms with van der Waals surface area (Å²) in [6, 6.07) is 13.1. The van der Waals surface area contributed by atoms with Gasteiger partial charge in [0.15, 0.2) is 5.69 Å². The minimum absolute atomic E-state index is 0.0272. The summed E-state index contributed by atoms with van der Waals surface area (Å²) in [6.07, 6.45) is -4.91. The predicted molar refractivity (Wildman–Crippen MR) is 98.9 cm³/mol. The van der Waals surface area contributed by atoms with Crippen molar-refractivity contribution < 1.29 is 13.2 Å². The van der Waals surface area contributed by atoms with Crippen molar-refractivity contribution in [3.05, 3.63) is 80.2 Å². The third kappa shape index (κ3) is 3.79. The molecular weight excluding hydrogens is 402 g/mol. The van der Waals surface area contributed by atoms with Gasteiger partial charge < -0.3 is 5.73 Å². The minimum Gasteiger partial charge on any atom is -0.392 e. The van der Waals surface area contributed by atoms with Crippen LogP contribution in [0.4, 0.5) is 18.9 Å². The van der Waals surface area contributed by atoms with Gasteiger partial charge in [0.05, 0.1) is 22.2 Å². The van der Waals surface area contributed by atoms with Crippen molar-refractivity contribution in [2.24, 2.45) is 0 Å². The van der Waals surface area contributed by atoms with Crippen LogP contribution in [0, 0.1) is 0 Å². The van der Waals surface area contributed by atoms with Crippen LogP contribution < -0.4 is 11.3 Å². The second kappa shape index (κ2) is 7.25. The molecule has 0 atom stereocenters. The Hall–Kier alpha value is -2.51. The van der Waals surface area contributed by atoms with Crippen molar-refractivity contribution in [3.8, 4) is 11.4 Å². The van der Waals surface area contributed by atoms with Crippen molar-refractivity contribution in [2.45, 2.75) is 12.7 Å². The van der Waals surface area contributed by atoms with Crippen molar-refractivity contribution in [1.82, 2.24) is 9.55 Å². The molecule has 0 fully saturated rings. The van der Waals surface area contributed by atoms with Gasteiger partial charge in [-0.25, -0.2) is 4.98 Å². The van der Waals surface area contributed by atoms with Crippen LogP contribution in [0.5, 0.6) is 0 Å². The van der Waals surface area contributed by atoms with E-state index in [2.05, 4.69) is 4.98 Å². The number of rotatable bonds is 3. The first-order valence-corrected chi connectivity index (χ1v) is 8.41. The standard InChI is InChI=1S/C18H12Cl2F3N3O/c19-11-7-4-8-12(20)13(11)16-25-15(18(21,22)23)14(24)17(27)26(16)9-10-5-2-1-3-6-10/h1-8H,9,24H2. The van der Waals surface area contributed by atoms with Crippen molar-refractivity contribution in [3.63, 3.8) is 0 Å². The Labute approximate surface area is 162 Å². The maximum Gasteiger partial charge on any atom is 0.435 e. The highest BCUT2D eigenvalue weighted by Crippen LogP contribution is 2.36. The SMILES string of the molecule is Nc1c(C(F)(F)F)nc(-c2c(Cl)cccc2Cl)n(Cc2ccccc2)c1=O. The molecule has 0 radical (unpaired) electrons. The topological polar surface area (TPSA) is 60.9 Å². The van der Waals surface area contributed by atoms with E-state index in [0.29, 0.717) is 5.56 Å². The fraction of sp³-hybridized carbons (Fsp3) is 0.111. The number of nitrogens with two attached hydrogens (primary N) is 1. The summed E-state index contributed by atoms with van der Waals surface area (Å²) in [4.78, 5) is 16.3. The molecule has 0 saturated heterocycles. The van der Waals surface area contributed by atoms with Crippen molar-refractivity contribution in [2.75, 3.05) is 5.73 Å². The van der Waals surface area contributed by atoms with Crippen LogP contribution in [0.2, 0.25) is 10.0 Å². The first kappa shape index (κ1) is 19.3. The van der Waals surface area contributed by atoms with Crippen LogP contribution in [0.25, 0.3) is 11.4 Å². The number of hydrogen-bond acceptors (Lipinski definition) is 3. The van der Waals surface area contributed by atoms with Gasteiger partial charge in [0.2, 0.25) is 0 Å². The molecule has 0 amide bonds. The van der Waals surface area contributed by atoms with E-state index in [1.165, 1.54) is 18.2 Å². The Bertz CT molecular complexity index is 1030. The Balaban J connectivity index is 2.35. The molecule has 0 aliphatic carbocycles. The second-order valence-corrected chi connectivity index (χ2v) is 6.48. The van der Waals surface area contributed by atoms with Gasteiger partial charge in [0.25, 0.3) is 5.56 Å². The molecule has 0 aliphatic rings. The van der Waals surface area contributed by atoms with Crippen LogP contribution in [0.15, 0.2) is 53.3 Å². The Morgan fingerprint density at radius 3 is 2.15 bits per heavy atom. The van der Waals surface area contributed by atoms with E-state index in [1.54, 1.807) is 30.3 Å². The zero-order valence-corrected chi connectivity index (χ0v) is 15.1. The van der Waals surface area contributed by atoms with E-state index in [-0.39, 0.29) is 28.0 Å². The van der Waals surface area contributed by atoms with Crippen LogP contribution in [0.1, 0.15) is 11.3 Å². The number of halogens is 5. The molecule has 0 spiro atoms. The zero-order chi connectivity index (χ0) is 19.8. The Morgan fingerprint density at radius 1 is 1.00 bits per heavy atom. The average molecular weight is 414 g/mol. The normalized spacial score (nSPS) is 11.6. The summed E-state index contributed by atoms with van der Waals surface area (Å²) in [6.45, 7) is -0.0497. The highest BCUT2D eigenvalue weighted by molar-refractivity contribution is 6.39. The monoisotopic (exact) mass is 413 g/mol. The van der Waals surface area contributed by atoms with E-state index < -0.39 is 23.1 Å². The number of benzene rings is 2. The van der Waals surface area contributed by atoms with E-state index >= 15 is 0 Å². The first-order valence-electron chi connectivity index (χ1n) is 7.66. The summed E-state index contributed by atoms with van der Waals surface area (Å²) < 4.78 is 41.0. The molecule has 3 aromatic rings. The van der Waals surface area contributed by atoms with Gasteiger partial charge in [-0.1, -0.05) is 59.6 Å². The molecule has 27 heavy (non-hydrogen) atoms. The Kier molecular flexibility index (Phi) is 5.17. The number of alkyl halides is 3. The van der Waals surface area contributed by atoms with Gasteiger partial charge in [-0.15, -0.1) is 0 Å². The maximum absolute atomic E-state index is 13.3. The van der Waals surface area contributed by atoms with Crippen molar-refractivity contribution in [1.29, 1.82) is 0 Å². The van der Waals surface area contributed by atoms with E-state index in [1.807, 2.05) is 0 Å². The fourth-order valence-electron chi connectivity index (χ4n) is 2.60. The molecule has 140 valence electrons. The van der Waals surface area contributed by atoms with Crippen LogP contribution in [-0.2, 0) is 12.7 Å². The minimum atomic E-state index is -4.91. The number of nitrogen functional groups attached to an aromatic ring is 1. The molecule has 0 aliphatic heterocycles. The predicted octanol–water partition coefficient (Wildman–Crippen LogP) is 4.87. The van der Waals surface area contributed by atoms with Gasteiger partial charge in [-0.2, -0.15) is 13.2 Å². The molecule has 0 unspecified atom stereocenters. The van der Waals surface area contributed by atoms with Gasteiger partial charge in [-0.3, -0.25) is 9.36 Å². The zero-order valence-electron chi connectivity index (χ0n) is 13.6. The summed E-state index contributed by atoms with van der Waals surface area (Å²) in [5.41, 5.74) is 2.69. The summed E-state index contributed by atoms with van der Waals surface area (Å²) >= 11 is 12.3. The van der Waals surface area contributed by atoms with Gasteiger partial charge in [-0.05, 0) is 17.7 Å². The molecule has 1 heterocycles. The van der Waals surface area contributed by atoms with Crippen LogP contribution in [-0.4, -0.2) is 9.55 Å². The number of aromatic nitrogens is 2. The third-order valence-corrected chi connectivity index (χ3v) is 4.47. The molecule has 1 aromatic heterocycles. The highest BCUT2D eigenvalue weighted by atomic mass is 35.5. The molecule has 3 rings (SSSR count). The van der Waals surface area contributed by atoms with E-state index in [4.69, 9.17) is 28.9 Å². The van der Waals surface area contributed by atoms with Crippen molar-refractivity contribution >= 4 is 28.9 Å².